The number of piperazine rings is 1. The Hall–Kier alpha value is -1.47. The number of rotatable bonds is 3. The van der Waals surface area contributed by atoms with Gasteiger partial charge < -0.3 is 9.80 Å². The number of anilines is 2. The molecule has 0 atom stereocenters. The molecule has 2 aromatic rings. The van der Waals surface area contributed by atoms with Crippen molar-refractivity contribution < 1.29 is 4.79 Å². The van der Waals surface area contributed by atoms with Crippen LogP contribution in [0.4, 0.5) is 10.3 Å². The third kappa shape index (κ3) is 2.23. The van der Waals surface area contributed by atoms with Crippen molar-refractivity contribution in [3.05, 3.63) is 22.7 Å². The number of carbonyl (C=O) groups excluding carboxylic acids is 1. The lowest BCUT2D eigenvalue weighted by Crippen LogP contribution is -2.46. The van der Waals surface area contributed by atoms with Gasteiger partial charge in [0.2, 0.25) is 0 Å². The van der Waals surface area contributed by atoms with Crippen LogP contribution >= 0.6 is 22.7 Å². The molecule has 3 rings (SSSR count). The fourth-order valence-corrected chi connectivity index (χ4v) is 3.46. The van der Waals surface area contributed by atoms with Crippen LogP contribution in [-0.4, -0.2) is 42.4 Å². The van der Waals surface area contributed by atoms with E-state index in [4.69, 9.17) is 0 Å². The molecule has 5 nitrogen and oxygen atoms in total. The van der Waals surface area contributed by atoms with Crippen LogP contribution in [0, 0.1) is 0 Å². The molecule has 0 saturated carbocycles. The number of nitrogens with zero attached hydrogens (tertiary/aromatic N) is 4. The summed E-state index contributed by atoms with van der Waals surface area (Å²) in [6.45, 7) is 3.74. The predicted octanol–water partition coefficient (Wildman–Crippen LogP) is 1.74. The monoisotopic (exact) mass is 280 g/mol. The highest BCUT2D eigenvalue weighted by molar-refractivity contribution is 7.14. The molecule has 0 aromatic carbocycles. The molecule has 1 aliphatic rings. The Bertz CT molecular complexity index is 517. The summed E-state index contributed by atoms with van der Waals surface area (Å²) in [4.78, 5) is 23.7. The first-order chi connectivity index (χ1) is 8.86. The van der Waals surface area contributed by atoms with Gasteiger partial charge in [-0.15, -0.1) is 22.7 Å². The molecule has 1 aliphatic heterocycles. The lowest BCUT2D eigenvalue weighted by Gasteiger charge is -2.34. The Morgan fingerprint density at radius 3 is 2.39 bits per heavy atom. The van der Waals surface area contributed by atoms with Crippen molar-refractivity contribution in [3.63, 3.8) is 0 Å². The van der Waals surface area contributed by atoms with Crippen molar-refractivity contribution >= 4 is 39.2 Å². The first-order valence-corrected chi connectivity index (χ1v) is 7.43. The van der Waals surface area contributed by atoms with Gasteiger partial charge >= 0.3 is 0 Å². The molecule has 1 saturated heterocycles. The van der Waals surface area contributed by atoms with E-state index in [-0.39, 0.29) is 0 Å². The lowest BCUT2D eigenvalue weighted by atomic mass is 10.3. The first-order valence-electron chi connectivity index (χ1n) is 5.67. The zero-order valence-corrected chi connectivity index (χ0v) is 11.3. The lowest BCUT2D eigenvalue weighted by molar-refractivity contribution is 0.111. The van der Waals surface area contributed by atoms with E-state index in [1.807, 2.05) is 11.6 Å². The average Bonchev–Trinajstić information content (AvgIpc) is 3.10. The van der Waals surface area contributed by atoms with Crippen LogP contribution in [0.1, 0.15) is 10.5 Å². The van der Waals surface area contributed by atoms with Crippen LogP contribution in [0.25, 0.3) is 0 Å². The van der Waals surface area contributed by atoms with Crippen LogP contribution in [0.3, 0.4) is 0 Å². The standard InChI is InChI=1S/C11H12N4OS2/c16-7-9-8-18-11(13-9)15-4-2-14(3-5-15)10-12-1-6-17-10/h1,6-8H,2-5H2. The minimum absolute atomic E-state index is 0.525. The highest BCUT2D eigenvalue weighted by atomic mass is 32.1. The fourth-order valence-electron chi connectivity index (χ4n) is 1.94. The molecular weight excluding hydrogens is 268 g/mol. The maximum absolute atomic E-state index is 10.6. The maximum atomic E-state index is 10.6. The molecule has 0 aliphatic carbocycles. The highest BCUT2D eigenvalue weighted by Crippen LogP contribution is 2.24. The molecule has 3 heterocycles. The quantitative estimate of drug-likeness (QED) is 0.802. The van der Waals surface area contributed by atoms with Crippen LogP contribution < -0.4 is 9.80 Å². The van der Waals surface area contributed by atoms with Crippen LogP contribution in [0.5, 0.6) is 0 Å². The van der Waals surface area contributed by atoms with Crippen molar-refractivity contribution in [2.45, 2.75) is 0 Å². The van der Waals surface area contributed by atoms with E-state index in [1.54, 1.807) is 16.7 Å². The minimum Gasteiger partial charge on any atom is -0.345 e. The molecule has 7 heteroatoms. The van der Waals surface area contributed by atoms with E-state index in [9.17, 15) is 4.79 Å². The van der Waals surface area contributed by atoms with E-state index in [0.29, 0.717) is 5.69 Å². The summed E-state index contributed by atoms with van der Waals surface area (Å²) in [6.07, 6.45) is 2.63. The van der Waals surface area contributed by atoms with Crippen molar-refractivity contribution in [3.8, 4) is 0 Å². The van der Waals surface area contributed by atoms with E-state index in [1.165, 1.54) is 11.3 Å². The zero-order valence-electron chi connectivity index (χ0n) is 9.65. The third-order valence-corrected chi connectivity index (χ3v) is 4.62. The van der Waals surface area contributed by atoms with E-state index in [0.717, 1.165) is 42.7 Å². The molecule has 2 aromatic heterocycles. The molecule has 0 spiro atoms. The topological polar surface area (TPSA) is 49.3 Å². The number of hydrogen-bond donors (Lipinski definition) is 0. The number of thiazole rings is 2. The molecule has 1 fully saturated rings. The molecular formula is C11H12N4OS2. The second kappa shape index (κ2) is 5.03. The predicted molar refractivity (Wildman–Crippen MR) is 74.0 cm³/mol. The summed E-state index contributed by atoms with van der Waals surface area (Å²) in [5.41, 5.74) is 0.525. The van der Waals surface area contributed by atoms with E-state index < -0.39 is 0 Å². The number of hydrogen-bond acceptors (Lipinski definition) is 7. The molecule has 0 amide bonds. The van der Waals surface area contributed by atoms with Gasteiger partial charge in [-0.2, -0.15) is 0 Å². The van der Waals surface area contributed by atoms with Crippen LogP contribution in [0.15, 0.2) is 17.0 Å². The van der Waals surface area contributed by atoms with Gasteiger partial charge in [-0.1, -0.05) is 0 Å². The smallest absolute Gasteiger partial charge is 0.186 e. The summed E-state index contributed by atoms with van der Waals surface area (Å²) >= 11 is 3.20. The Morgan fingerprint density at radius 2 is 1.83 bits per heavy atom. The number of aromatic nitrogens is 2. The van der Waals surface area contributed by atoms with Crippen molar-refractivity contribution in [2.75, 3.05) is 36.0 Å². The molecule has 0 N–H and O–H groups in total. The molecule has 0 unspecified atom stereocenters. The molecule has 0 radical (unpaired) electrons. The van der Waals surface area contributed by atoms with E-state index >= 15 is 0 Å². The second-order valence-corrected chi connectivity index (χ2v) is 5.67. The maximum Gasteiger partial charge on any atom is 0.186 e. The Balaban J connectivity index is 1.64. The third-order valence-electron chi connectivity index (χ3n) is 2.87. The average molecular weight is 280 g/mol. The fraction of sp³-hybridized carbons (Fsp3) is 0.364. The summed E-state index contributed by atoms with van der Waals surface area (Å²) < 4.78 is 0. The van der Waals surface area contributed by atoms with Gasteiger partial charge in [0.15, 0.2) is 16.5 Å². The second-order valence-electron chi connectivity index (χ2n) is 3.96. The van der Waals surface area contributed by atoms with Gasteiger partial charge in [-0.3, -0.25) is 4.79 Å². The summed E-state index contributed by atoms with van der Waals surface area (Å²) in [7, 11) is 0. The van der Waals surface area contributed by atoms with Gasteiger partial charge in [0.1, 0.15) is 5.69 Å². The van der Waals surface area contributed by atoms with Gasteiger partial charge in [0.05, 0.1) is 0 Å². The first kappa shape index (κ1) is 11.6. The van der Waals surface area contributed by atoms with E-state index in [2.05, 4.69) is 19.8 Å². The Kier molecular flexibility index (Phi) is 3.24. The summed E-state index contributed by atoms with van der Waals surface area (Å²) in [5, 5.41) is 5.83. The van der Waals surface area contributed by atoms with Crippen LogP contribution in [0.2, 0.25) is 0 Å². The number of carbonyl (C=O) groups is 1. The van der Waals surface area contributed by atoms with Gasteiger partial charge in [-0.25, -0.2) is 9.97 Å². The largest absolute Gasteiger partial charge is 0.345 e. The summed E-state index contributed by atoms with van der Waals surface area (Å²) in [5.74, 6) is 0. The Morgan fingerprint density at radius 1 is 1.11 bits per heavy atom. The van der Waals surface area contributed by atoms with Crippen molar-refractivity contribution in [1.29, 1.82) is 0 Å². The van der Waals surface area contributed by atoms with Crippen molar-refractivity contribution in [2.24, 2.45) is 0 Å². The highest BCUT2D eigenvalue weighted by Gasteiger charge is 2.20. The molecule has 18 heavy (non-hydrogen) atoms. The summed E-state index contributed by atoms with van der Waals surface area (Å²) in [6, 6.07) is 0. The number of aldehydes is 1. The van der Waals surface area contributed by atoms with Gasteiger partial charge in [0, 0.05) is 43.1 Å². The van der Waals surface area contributed by atoms with Gasteiger partial charge in [-0.05, 0) is 0 Å². The Labute approximate surface area is 113 Å². The van der Waals surface area contributed by atoms with Crippen molar-refractivity contribution in [1.82, 2.24) is 9.97 Å². The normalized spacial score (nSPS) is 16.0. The zero-order chi connectivity index (χ0) is 12.4. The SMILES string of the molecule is O=Cc1csc(N2CCN(c3nccs3)CC2)n1. The van der Waals surface area contributed by atoms with Gasteiger partial charge in [0.25, 0.3) is 0 Å². The molecule has 0 bridgehead atoms. The molecule has 94 valence electrons. The minimum atomic E-state index is 0.525. The van der Waals surface area contributed by atoms with Crippen LogP contribution in [-0.2, 0) is 0 Å².